The highest BCUT2D eigenvalue weighted by atomic mass is 16.2. The van der Waals surface area contributed by atoms with E-state index in [4.69, 9.17) is 0 Å². The van der Waals surface area contributed by atoms with Crippen LogP contribution in [0.5, 0.6) is 0 Å². The van der Waals surface area contributed by atoms with E-state index in [0.29, 0.717) is 30.7 Å². The van der Waals surface area contributed by atoms with Gasteiger partial charge in [0.2, 0.25) is 5.91 Å². The molecule has 3 heterocycles. The molecule has 0 unspecified atom stereocenters. The van der Waals surface area contributed by atoms with Gasteiger partial charge in [0.1, 0.15) is 6.04 Å². The first-order valence-corrected chi connectivity index (χ1v) is 13.4. The van der Waals surface area contributed by atoms with Gasteiger partial charge in [-0.3, -0.25) is 19.5 Å². The second-order valence-corrected chi connectivity index (χ2v) is 10.3. The van der Waals surface area contributed by atoms with Gasteiger partial charge in [0.05, 0.1) is 23.7 Å². The number of nitrogens with one attached hydrogen (secondary N) is 1. The number of nitriles is 1. The lowest BCUT2D eigenvalue weighted by molar-refractivity contribution is -0.132. The molecule has 2 saturated heterocycles. The standard InChI is InChI=1S/C30H34N6O2/c1-34(20-22-7-3-2-4-8-22)30(38)26-11-12-27(25-10-5-15-32-29(25)26)33-23-13-17-35(18-14-23)21-28(37)36-16-6-9-24(36)19-31/h2-5,7-8,10-12,15,23-24,33H,6,9,13-14,16-18,20-21H2,1H3/t24-/m0/s1. The third-order valence-electron chi connectivity index (χ3n) is 7.64. The number of likely N-dealkylation sites (tertiary alicyclic amines) is 2. The van der Waals surface area contributed by atoms with Gasteiger partial charge in [-0.05, 0) is 55.5 Å². The zero-order valence-electron chi connectivity index (χ0n) is 21.8. The smallest absolute Gasteiger partial charge is 0.256 e. The van der Waals surface area contributed by atoms with E-state index in [1.54, 1.807) is 16.0 Å². The van der Waals surface area contributed by atoms with Crippen molar-refractivity contribution in [3.05, 3.63) is 71.9 Å². The first-order valence-electron chi connectivity index (χ1n) is 13.4. The third kappa shape index (κ3) is 5.63. The van der Waals surface area contributed by atoms with E-state index in [-0.39, 0.29) is 23.9 Å². The second kappa shape index (κ2) is 11.6. The van der Waals surface area contributed by atoms with Gasteiger partial charge in [0, 0.05) is 56.5 Å². The Kier molecular flexibility index (Phi) is 7.85. The van der Waals surface area contributed by atoms with Crippen molar-refractivity contribution in [1.82, 2.24) is 19.7 Å². The van der Waals surface area contributed by atoms with Gasteiger partial charge in [-0.1, -0.05) is 30.3 Å². The number of carbonyl (C=O) groups is 2. The van der Waals surface area contributed by atoms with Crippen LogP contribution in [0.25, 0.3) is 10.9 Å². The lowest BCUT2D eigenvalue weighted by Crippen LogP contribution is -2.46. The maximum Gasteiger partial charge on any atom is 0.256 e. The molecule has 0 aliphatic carbocycles. The fourth-order valence-corrected chi connectivity index (χ4v) is 5.54. The topological polar surface area (TPSA) is 92.6 Å². The Balaban J connectivity index is 1.22. The first kappa shape index (κ1) is 25.7. The molecule has 0 bridgehead atoms. The van der Waals surface area contributed by atoms with Gasteiger partial charge in [-0.15, -0.1) is 0 Å². The molecule has 2 aromatic carbocycles. The number of aromatic nitrogens is 1. The average Bonchev–Trinajstić information content (AvgIpc) is 3.44. The molecule has 1 aromatic heterocycles. The number of benzene rings is 2. The molecule has 1 atom stereocenters. The summed E-state index contributed by atoms with van der Waals surface area (Å²) >= 11 is 0. The average molecular weight is 511 g/mol. The van der Waals surface area contributed by atoms with Gasteiger partial charge in [0.25, 0.3) is 5.91 Å². The van der Waals surface area contributed by atoms with E-state index >= 15 is 0 Å². The number of rotatable bonds is 7. The van der Waals surface area contributed by atoms with E-state index in [0.717, 1.165) is 55.4 Å². The van der Waals surface area contributed by atoms with Gasteiger partial charge >= 0.3 is 0 Å². The summed E-state index contributed by atoms with van der Waals surface area (Å²) in [7, 11) is 1.82. The molecule has 8 heteroatoms. The molecule has 1 N–H and O–H groups in total. The van der Waals surface area contributed by atoms with Crippen molar-refractivity contribution >= 4 is 28.4 Å². The van der Waals surface area contributed by atoms with Crippen LogP contribution in [-0.2, 0) is 11.3 Å². The Morgan fingerprint density at radius 1 is 1.05 bits per heavy atom. The van der Waals surface area contributed by atoms with E-state index < -0.39 is 0 Å². The van der Waals surface area contributed by atoms with Gasteiger partial charge in [-0.2, -0.15) is 5.26 Å². The van der Waals surface area contributed by atoms with Crippen molar-refractivity contribution in [1.29, 1.82) is 5.26 Å². The number of hydrogen-bond donors (Lipinski definition) is 1. The second-order valence-electron chi connectivity index (χ2n) is 10.3. The van der Waals surface area contributed by atoms with Crippen LogP contribution in [0.4, 0.5) is 5.69 Å². The number of hydrogen-bond acceptors (Lipinski definition) is 6. The number of carbonyl (C=O) groups excluding carboxylic acids is 2. The van der Waals surface area contributed by atoms with Crippen LogP contribution in [0.1, 0.15) is 41.6 Å². The predicted octanol–water partition coefficient (Wildman–Crippen LogP) is 3.90. The summed E-state index contributed by atoms with van der Waals surface area (Å²) in [4.78, 5) is 36.3. The van der Waals surface area contributed by atoms with Gasteiger partial charge in [0.15, 0.2) is 0 Å². The Hall–Kier alpha value is -3.96. The molecule has 2 amide bonds. The Labute approximate surface area is 223 Å². The molecule has 2 aliphatic heterocycles. The summed E-state index contributed by atoms with van der Waals surface area (Å²) in [6.45, 7) is 3.25. The molecule has 3 aromatic rings. The van der Waals surface area contributed by atoms with Crippen molar-refractivity contribution in [3.63, 3.8) is 0 Å². The quantitative estimate of drug-likeness (QED) is 0.518. The maximum atomic E-state index is 13.3. The zero-order valence-corrected chi connectivity index (χ0v) is 21.8. The molecular formula is C30H34N6O2. The highest BCUT2D eigenvalue weighted by Crippen LogP contribution is 2.28. The van der Waals surface area contributed by atoms with E-state index in [9.17, 15) is 14.9 Å². The monoisotopic (exact) mass is 510 g/mol. The SMILES string of the molecule is CN(Cc1ccccc1)C(=O)c1ccc(NC2CCN(CC(=O)N3CCC[C@H]3C#N)CC2)c2cccnc12. The van der Waals surface area contributed by atoms with E-state index in [1.807, 2.05) is 61.6 Å². The summed E-state index contributed by atoms with van der Waals surface area (Å²) in [6, 6.07) is 20.0. The molecular weight excluding hydrogens is 476 g/mol. The molecule has 38 heavy (non-hydrogen) atoms. The summed E-state index contributed by atoms with van der Waals surface area (Å²) < 4.78 is 0. The fraction of sp³-hybridized carbons (Fsp3) is 0.400. The molecule has 8 nitrogen and oxygen atoms in total. The lowest BCUT2D eigenvalue weighted by atomic mass is 10.0. The minimum Gasteiger partial charge on any atom is -0.382 e. The summed E-state index contributed by atoms with van der Waals surface area (Å²) in [5, 5.41) is 13.9. The van der Waals surface area contributed by atoms with Crippen molar-refractivity contribution in [2.45, 2.75) is 44.3 Å². The Bertz CT molecular complexity index is 1330. The van der Waals surface area contributed by atoms with E-state index in [2.05, 4.69) is 21.3 Å². The maximum absolute atomic E-state index is 13.3. The van der Waals surface area contributed by atoms with Crippen LogP contribution < -0.4 is 5.32 Å². The highest BCUT2D eigenvalue weighted by molar-refractivity contribution is 6.08. The minimum absolute atomic E-state index is 0.0567. The highest BCUT2D eigenvalue weighted by Gasteiger charge is 2.30. The Morgan fingerprint density at radius 2 is 1.84 bits per heavy atom. The van der Waals surface area contributed by atoms with Crippen LogP contribution >= 0.6 is 0 Å². The number of fused-ring (bicyclic) bond motifs is 1. The van der Waals surface area contributed by atoms with Crippen LogP contribution in [0.2, 0.25) is 0 Å². The third-order valence-corrected chi connectivity index (χ3v) is 7.64. The number of piperidine rings is 1. The largest absolute Gasteiger partial charge is 0.382 e. The molecule has 0 spiro atoms. The van der Waals surface area contributed by atoms with E-state index in [1.165, 1.54) is 0 Å². The van der Waals surface area contributed by atoms with Crippen molar-refractivity contribution in [2.24, 2.45) is 0 Å². The predicted molar refractivity (Wildman–Crippen MR) is 147 cm³/mol. The number of pyridine rings is 1. The summed E-state index contributed by atoms with van der Waals surface area (Å²) in [6.07, 6.45) is 5.25. The van der Waals surface area contributed by atoms with Crippen LogP contribution in [0, 0.1) is 11.3 Å². The van der Waals surface area contributed by atoms with Crippen LogP contribution in [0.3, 0.4) is 0 Å². The van der Waals surface area contributed by atoms with Crippen molar-refractivity contribution < 1.29 is 9.59 Å². The lowest BCUT2D eigenvalue weighted by Gasteiger charge is -2.34. The minimum atomic E-state index is -0.267. The normalized spacial score (nSPS) is 18.3. The van der Waals surface area contributed by atoms with Gasteiger partial charge in [-0.25, -0.2) is 0 Å². The number of anilines is 1. The van der Waals surface area contributed by atoms with Crippen molar-refractivity contribution in [3.8, 4) is 6.07 Å². The number of nitrogens with zero attached hydrogens (tertiary/aromatic N) is 5. The van der Waals surface area contributed by atoms with Crippen LogP contribution in [-0.4, -0.2) is 76.8 Å². The summed E-state index contributed by atoms with van der Waals surface area (Å²) in [5.74, 6) is 0.00809. The van der Waals surface area contributed by atoms with Crippen LogP contribution in [0.15, 0.2) is 60.8 Å². The first-order chi connectivity index (χ1) is 18.5. The molecule has 0 saturated carbocycles. The molecule has 196 valence electrons. The Morgan fingerprint density at radius 3 is 2.61 bits per heavy atom. The van der Waals surface area contributed by atoms with Gasteiger partial charge < -0.3 is 15.1 Å². The zero-order chi connectivity index (χ0) is 26.5. The number of amides is 2. The van der Waals surface area contributed by atoms with Crippen molar-refractivity contribution in [2.75, 3.05) is 38.5 Å². The fourth-order valence-electron chi connectivity index (χ4n) is 5.54. The molecule has 2 aliphatic rings. The molecule has 0 radical (unpaired) electrons. The molecule has 2 fully saturated rings. The molecule has 5 rings (SSSR count). The summed E-state index contributed by atoms with van der Waals surface area (Å²) in [5.41, 5.74) is 3.34.